The molecule has 0 amide bonds. The molecule has 0 aliphatic carbocycles. The number of hydrogen-bond donors (Lipinski definition) is 1. The Kier molecular flexibility index (Phi) is 3.88. The van der Waals surface area contributed by atoms with E-state index in [1.807, 2.05) is 17.8 Å². The van der Waals surface area contributed by atoms with Gasteiger partial charge in [0.15, 0.2) is 0 Å². The number of hydrogen-bond acceptors (Lipinski definition) is 2. The van der Waals surface area contributed by atoms with Gasteiger partial charge in [0.2, 0.25) is 0 Å². The van der Waals surface area contributed by atoms with Crippen molar-refractivity contribution in [3.63, 3.8) is 0 Å². The van der Waals surface area contributed by atoms with Crippen LogP contribution >= 0.6 is 0 Å². The van der Waals surface area contributed by atoms with Crippen LogP contribution in [-0.2, 0) is 11.2 Å². The number of aryl methyl sites for hydroxylation is 1. The van der Waals surface area contributed by atoms with Gasteiger partial charge in [-0.05, 0) is 39.2 Å². The first-order valence-electron chi connectivity index (χ1n) is 5.27. The van der Waals surface area contributed by atoms with Gasteiger partial charge in [0.1, 0.15) is 0 Å². The van der Waals surface area contributed by atoms with E-state index in [0.717, 1.165) is 17.7 Å². The summed E-state index contributed by atoms with van der Waals surface area (Å²) in [5.74, 6) is -0.732. The molecule has 4 heteroatoms. The Bertz CT molecular complexity index is 342. The summed E-state index contributed by atoms with van der Waals surface area (Å²) < 4.78 is 1.97. The van der Waals surface area contributed by atoms with E-state index in [1.54, 1.807) is 0 Å². The maximum absolute atomic E-state index is 10.4. The zero-order valence-electron chi connectivity index (χ0n) is 9.53. The van der Waals surface area contributed by atoms with Crippen LogP contribution in [0.4, 0.5) is 0 Å². The lowest BCUT2D eigenvalue weighted by atomic mass is 10.1. The first kappa shape index (κ1) is 11.8. The van der Waals surface area contributed by atoms with Crippen LogP contribution in [0.15, 0.2) is 6.20 Å². The van der Waals surface area contributed by atoms with Gasteiger partial charge in [0.25, 0.3) is 0 Å². The van der Waals surface area contributed by atoms with Crippen LogP contribution in [0, 0.1) is 6.92 Å². The molecular weight excluding hydrogens is 192 g/mol. The predicted octanol–water partition coefficient (Wildman–Crippen LogP) is 2.18. The highest BCUT2D eigenvalue weighted by Gasteiger charge is 2.08. The SMILES string of the molecule is Cc1c(CCCC(=O)O)cnn1C(C)C. The lowest BCUT2D eigenvalue weighted by molar-refractivity contribution is -0.137. The Morgan fingerprint density at radius 3 is 2.73 bits per heavy atom. The maximum atomic E-state index is 10.4. The largest absolute Gasteiger partial charge is 0.481 e. The summed E-state index contributed by atoms with van der Waals surface area (Å²) in [4.78, 5) is 10.4. The molecule has 0 unspecified atom stereocenters. The highest BCUT2D eigenvalue weighted by atomic mass is 16.4. The van der Waals surface area contributed by atoms with Crippen LogP contribution in [0.2, 0.25) is 0 Å². The zero-order chi connectivity index (χ0) is 11.4. The van der Waals surface area contributed by atoms with Gasteiger partial charge in [-0.2, -0.15) is 5.10 Å². The summed E-state index contributed by atoms with van der Waals surface area (Å²) >= 11 is 0. The van der Waals surface area contributed by atoms with E-state index < -0.39 is 5.97 Å². The molecule has 0 aromatic carbocycles. The average molecular weight is 210 g/mol. The molecule has 1 aromatic heterocycles. The minimum atomic E-state index is -0.732. The van der Waals surface area contributed by atoms with E-state index in [4.69, 9.17) is 5.11 Å². The van der Waals surface area contributed by atoms with E-state index in [1.165, 1.54) is 0 Å². The lowest BCUT2D eigenvalue weighted by Gasteiger charge is -2.08. The summed E-state index contributed by atoms with van der Waals surface area (Å²) in [6.45, 7) is 6.20. The van der Waals surface area contributed by atoms with Crippen LogP contribution in [0.25, 0.3) is 0 Å². The van der Waals surface area contributed by atoms with Crippen molar-refractivity contribution in [3.8, 4) is 0 Å². The Hall–Kier alpha value is -1.32. The van der Waals surface area contributed by atoms with Crippen LogP contribution < -0.4 is 0 Å². The highest BCUT2D eigenvalue weighted by Crippen LogP contribution is 2.14. The number of carboxylic acids is 1. The molecule has 1 rings (SSSR count). The van der Waals surface area contributed by atoms with Gasteiger partial charge in [0.05, 0.1) is 6.20 Å². The second kappa shape index (κ2) is 4.96. The van der Waals surface area contributed by atoms with Crippen molar-refractivity contribution in [3.05, 3.63) is 17.5 Å². The fourth-order valence-corrected chi connectivity index (χ4v) is 1.66. The molecule has 0 saturated heterocycles. The Balaban J connectivity index is 2.59. The van der Waals surface area contributed by atoms with Gasteiger partial charge in [-0.3, -0.25) is 9.48 Å². The van der Waals surface area contributed by atoms with Crippen molar-refractivity contribution in [2.75, 3.05) is 0 Å². The molecule has 0 bridgehead atoms. The molecule has 0 aliphatic rings. The Morgan fingerprint density at radius 2 is 2.27 bits per heavy atom. The van der Waals surface area contributed by atoms with E-state index >= 15 is 0 Å². The lowest BCUT2D eigenvalue weighted by Crippen LogP contribution is -2.05. The topological polar surface area (TPSA) is 55.1 Å². The van der Waals surface area contributed by atoms with E-state index in [0.29, 0.717) is 12.5 Å². The molecule has 0 spiro atoms. The number of aliphatic carboxylic acids is 1. The number of carboxylic acid groups (broad SMARTS) is 1. The number of aromatic nitrogens is 2. The van der Waals surface area contributed by atoms with Gasteiger partial charge in [0, 0.05) is 18.2 Å². The molecular formula is C11H18N2O2. The third-order valence-corrected chi connectivity index (χ3v) is 2.47. The van der Waals surface area contributed by atoms with Crippen LogP contribution in [-0.4, -0.2) is 20.9 Å². The first-order chi connectivity index (χ1) is 7.02. The quantitative estimate of drug-likeness (QED) is 0.810. The fourth-order valence-electron chi connectivity index (χ4n) is 1.66. The molecule has 0 radical (unpaired) electrons. The molecule has 0 fully saturated rings. The smallest absolute Gasteiger partial charge is 0.303 e. The summed E-state index contributed by atoms with van der Waals surface area (Å²) in [7, 11) is 0. The number of rotatable bonds is 5. The van der Waals surface area contributed by atoms with E-state index in [9.17, 15) is 4.79 Å². The van der Waals surface area contributed by atoms with Crippen LogP contribution in [0.5, 0.6) is 0 Å². The molecule has 0 atom stereocenters. The minimum absolute atomic E-state index is 0.228. The average Bonchev–Trinajstić information content (AvgIpc) is 2.47. The second-order valence-corrected chi connectivity index (χ2v) is 4.04. The molecule has 1 heterocycles. The summed E-state index contributed by atoms with van der Waals surface area (Å²) in [6.07, 6.45) is 3.55. The van der Waals surface area contributed by atoms with Crippen molar-refractivity contribution < 1.29 is 9.90 Å². The van der Waals surface area contributed by atoms with E-state index in [2.05, 4.69) is 18.9 Å². The molecule has 4 nitrogen and oxygen atoms in total. The Labute approximate surface area is 89.9 Å². The van der Waals surface area contributed by atoms with Crippen LogP contribution in [0.3, 0.4) is 0 Å². The summed E-state index contributed by atoms with van der Waals surface area (Å²) in [5.41, 5.74) is 2.31. The van der Waals surface area contributed by atoms with E-state index in [-0.39, 0.29) is 6.42 Å². The molecule has 0 saturated carbocycles. The van der Waals surface area contributed by atoms with Crippen LogP contribution in [0.1, 0.15) is 44.0 Å². The summed E-state index contributed by atoms with van der Waals surface area (Å²) in [5, 5.41) is 12.8. The normalized spacial score (nSPS) is 10.9. The predicted molar refractivity (Wildman–Crippen MR) is 57.9 cm³/mol. The fraction of sp³-hybridized carbons (Fsp3) is 0.636. The minimum Gasteiger partial charge on any atom is -0.481 e. The molecule has 1 aromatic rings. The number of nitrogens with zero attached hydrogens (tertiary/aromatic N) is 2. The van der Waals surface area contributed by atoms with Gasteiger partial charge in [-0.1, -0.05) is 0 Å². The van der Waals surface area contributed by atoms with Crippen molar-refractivity contribution in [2.45, 2.75) is 46.1 Å². The van der Waals surface area contributed by atoms with Crippen molar-refractivity contribution in [1.82, 2.24) is 9.78 Å². The standard InChI is InChI=1S/C11H18N2O2/c1-8(2)13-9(3)10(7-12-13)5-4-6-11(14)15/h7-8H,4-6H2,1-3H3,(H,14,15). The van der Waals surface area contributed by atoms with Crippen molar-refractivity contribution in [1.29, 1.82) is 0 Å². The molecule has 15 heavy (non-hydrogen) atoms. The zero-order valence-corrected chi connectivity index (χ0v) is 9.53. The molecule has 1 N–H and O–H groups in total. The highest BCUT2D eigenvalue weighted by molar-refractivity contribution is 5.66. The van der Waals surface area contributed by atoms with Crippen molar-refractivity contribution >= 4 is 5.97 Å². The third kappa shape index (κ3) is 3.08. The second-order valence-electron chi connectivity index (χ2n) is 4.04. The molecule has 84 valence electrons. The monoisotopic (exact) mass is 210 g/mol. The maximum Gasteiger partial charge on any atom is 0.303 e. The number of carbonyl (C=O) groups is 1. The van der Waals surface area contributed by atoms with Gasteiger partial charge >= 0.3 is 5.97 Å². The van der Waals surface area contributed by atoms with Crippen molar-refractivity contribution in [2.24, 2.45) is 0 Å². The van der Waals surface area contributed by atoms with Gasteiger partial charge in [-0.25, -0.2) is 0 Å². The van der Waals surface area contributed by atoms with Gasteiger partial charge in [-0.15, -0.1) is 0 Å². The Morgan fingerprint density at radius 1 is 1.60 bits per heavy atom. The summed E-state index contributed by atoms with van der Waals surface area (Å²) in [6, 6.07) is 0.359. The molecule has 0 aliphatic heterocycles. The first-order valence-corrected chi connectivity index (χ1v) is 5.27. The third-order valence-electron chi connectivity index (χ3n) is 2.47. The van der Waals surface area contributed by atoms with Gasteiger partial charge < -0.3 is 5.11 Å².